The Morgan fingerprint density at radius 3 is 3.06 bits per heavy atom. The molecule has 0 fully saturated rings. The summed E-state index contributed by atoms with van der Waals surface area (Å²) in [4.78, 5) is 15.7. The molecule has 0 aliphatic heterocycles. The molecule has 2 rings (SSSR count). The first-order valence-electron chi connectivity index (χ1n) is 4.93. The van der Waals surface area contributed by atoms with E-state index in [4.69, 9.17) is 5.11 Å². The average molecular weight is 220 g/mol. The van der Waals surface area contributed by atoms with Crippen molar-refractivity contribution in [3.63, 3.8) is 0 Å². The Morgan fingerprint density at radius 2 is 2.38 bits per heavy atom. The van der Waals surface area contributed by atoms with Gasteiger partial charge in [-0.3, -0.25) is 0 Å². The van der Waals surface area contributed by atoms with Crippen molar-refractivity contribution >= 4 is 11.5 Å². The van der Waals surface area contributed by atoms with Gasteiger partial charge in [0.05, 0.1) is 19.2 Å². The van der Waals surface area contributed by atoms with Gasteiger partial charge in [-0.2, -0.15) is 0 Å². The molecule has 0 atom stereocenters. The predicted octanol–water partition coefficient (Wildman–Crippen LogP) is 0.656. The molecule has 0 amide bonds. The summed E-state index contributed by atoms with van der Waals surface area (Å²) in [7, 11) is 1.32. The van der Waals surface area contributed by atoms with E-state index >= 15 is 0 Å². The van der Waals surface area contributed by atoms with Gasteiger partial charge in [0.25, 0.3) is 0 Å². The number of aromatic nitrogens is 2. The Labute approximate surface area is 92.3 Å². The number of hydrogen-bond acceptors (Lipinski definition) is 4. The number of aliphatic hydroxyl groups is 1. The van der Waals surface area contributed by atoms with Crippen molar-refractivity contribution in [3.8, 4) is 0 Å². The third-order valence-electron chi connectivity index (χ3n) is 2.34. The molecule has 84 valence electrons. The van der Waals surface area contributed by atoms with Crippen molar-refractivity contribution in [1.29, 1.82) is 0 Å². The minimum atomic E-state index is -0.465. The summed E-state index contributed by atoms with van der Waals surface area (Å²) in [6.07, 6.45) is 2.21. The number of esters is 1. The fourth-order valence-corrected chi connectivity index (χ4v) is 1.62. The lowest BCUT2D eigenvalue weighted by atomic mass is 10.3. The van der Waals surface area contributed by atoms with Gasteiger partial charge in [-0.05, 0) is 12.1 Å². The maximum atomic E-state index is 11.5. The standard InChI is InChI=1S/C11H12N2O3/c1-16-11(15)10-8-4-2-3-6-13(8)9(12-10)5-7-14/h2-4,6,14H,5,7H2,1H3. The highest BCUT2D eigenvalue weighted by Gasteiger charge is 2.16. The van der Waals surface area contributed by atoms with Crippen LogP contribution in [-0.2, 0) is 11.2 Å². The number of methoxy groups -OCH3 is 1. The molecule has 0 aliphatic rings. The molecule has 1 N–H and O–H groups in total. The topological polar surface area (TPSA) is 63.8 Å². The number of hydrogen-bond donors (Lipinski definition) is 1. The van der Waals surface area contributed by atoms with Gasteiger partial charge in [0, 0.05) is 12.6 Å². The molecule has 5 nitrogen and oxygen atoms in total. The number of ether oxygens (including phenoxy) is 1. The summed E-state index contributed by atoms with van der Waals surface area (Å²) in [5, 5.41) is 8.91. The number of carbonyl (C=O) groups is 1. The molecular formula is C11H12N2O3. The lowest BCUT2D eigenvalue weighted by Crippen LogP contribution is -2.02. The van der Waals surface area contributed by atoms with E-state index in [9.17, 15) is 4.79 Å². The Kier molecular flexibility index (Phi) is 2.87. The van der Waals surface area contributed by atoms with Crippen molar-refractivity contribution in [1.82, 2.24) is 9.38 Å². The van der Waals surface area contributed by atoms with Crippen molar-refractivity contribution in [2.75, 3.05) is 13.7 Å². The summed E-state index contributed by atoms with van der Waals surface area (Å²) in [6, 6.07) is 5.46. The van der Waals surface area contributed by atoms with Crippen LogP contribution in [0, 0.1) is 0 Å². The summed E-state index contributed by atoms with van der Waals surface area (Å²) in [6.45, 7) is -0.00534. The van der Waals surface area contributed by atoms with Crippen molar-refractivity contribution in [3.05, 3.63) is 35.9 Å². The number of fused-ring (bicyclic) bond motifs is 1. The highest BCUT2D eigenvalue weighted by molar-refractivity contribution is 5.95. The van der Waals surface area contributed by atoms with Crippen molar-refractivity contribution in [2.24, 2.45) is 0 Å². The first kappa shape index (κ1) is 10.6. The van der Waals surface area contributed by atoms with Crippen LogP contribution in [0.25, 0.3) is 5.52 Å². The van der Waals surface area contributed by atoms with Crippen LogP contribution < -0.4 is 0 Å². The van der Waals surface area contributed by atoms with Crippen LogP contribution in [-0.4, -0.2) is 34.2 Å². The van der Waals surface area contributed by atoms with E-state index in [0.717, 1.165) is 0 Å². The molecule has 0 bridgehead atoms. The average Bonchev–Trinajstić information content (AvgIpc) is 2.68. The number of nitrogens with zero attached hydrogens (tertiary/aromatic N) is 2. The molecule has 0 aliphatic carbocycles. The molecule has 0 saturated heterocycles. The molecule has 0 spiro atoms. The SMILES string of the molecule is COC(=O)c1nc(CCO)n2ccccc12. The number of imidazole rings is 1. The van der Waals surface area contributed by atoms with Gasteiger partial charge in [0.2, 0.25) is 0 Å². The molecule has 0 saturated carbocycles. The zero-order valence-electron chi connectivity index (χ0n) is 8.88. The number of pyridine rings is 1. The molecule has 16 heavy (non-hydrogen) atoms. The summed E-state index contributed by atoms with van der Waals surface area (Å²) < 4.78 is 6.44. The summed E-state index contributed by atoms with van der Waals surface area (Å²) >= 11 is 0. The van der Waals surface area contributed by atoms with E-state index < -0.39 is 5.97 Å². The zero-order valence-corrected chi connectivity index (χ0v) is 8.88. The van der Waals surface area contributed by atoms with Gasteiger partial charge < -0.3 is 14.2 Å². The smallest absolute Gasteiger partial charge is 0.358 e. The van der Waals surface area contributed by atoms with Crippen LogP contribution in [0.1, 0.15) is 16.3 Å². The minimum absolute atomic E-state index is 0.00534. The Balaban J connectivity index is 2.61. The predicted molar refractivity (Wildman–Crippen MR) is 57.3 cm³/mol. The minimum Gasteiger partial charge on any atom is -0.464 e. The first-order chi connectivity index (χ1) is 7.77. The number of carbonyl (C=O) groups excluding carboxylic acids is 1. The fourth-order valence-electron chi connectivity index (χ4n) is 1.62. The van der Waals surface area contributed by atoms with Crippen LogP contribution in [0.3, 0.4) is 0 Å². The van der Waals surface area contributed by atoms with Crippen LogP contribution in [0.5, 0.6) is 0 Å². The molecule has 0 aromatic carbocycles. The Hall–Kier alpha value is -1.88. The Morgan fingerprint density at radius 1 is 1.56 bits per heavy atom. The van der Waals surface area contributed by atoms with Gasteiger partial charge in [-0.15, -0.1) is 0 Å². The third kappa shape index (κ3) is 1.65. The van der Waals surface area contributed by atoms with E-state index in [2.05, 4.69) is 9.72 Å². The molecular weight excluding hydrogens is 208 g/mol. The largest absolute Gasteiger partial charge is 0.464 e. The lowest BCUT2D eigenvalue weighted by molar-refractivity contribution is 0.0596. The number of rotatable bonds is 3. The van der Waals surface area contributed by atoms with E-state index in [1.165, 1.54) is 7.11 Å². The van der Waals surface area contributed by atoms with Crippen LogP contribution in [0.15, 0.2) is 24.4 Å². The van der Waals surface area contributed by atoms with Gasteiger partial charge in [0.1, 0.15) is 5.82 Å². The normalized spacial score (nSPS) is 10.6. The molecule has 2 heterocycles. The van der Waals surface area contributed by atoms with E-state index in [1.54, 1.807) is 16.7 Å². The molecule has 2 aromatic rings. The highest BCUT2D eigenvalue weighted by atomic mass is 16.5. The third-order valence-corrected chi connectivity index (χ3v) is 2.34. The zero-order chi connectivity index (χ0) is 11.5. The first-order valence-corrected chi connectivity index (χ1v) is 4.93. The second-order valence-corrected chi connectivity index (χ2v) is 3.30. The summed E-state index contributed by atoms with van der Waals surface area (Å²) in [5.41, 5.74) is 0.976. The second-order valence-electron chi connectivity index (χ2n) is 3.30. The number of aliphatic hydroxyl groups excluding tert-OH is 1. The van der Waals surface area contributed by atoms with Crippen molar-refractivity contribution in [2.45, 2.75) is 6.42 Å². The van der Waals surface area contributed by atoms with E-state index in [1.807, 2.05) is 12.1 Å². The monoisotopic (exact) mass is 220 g/mol. The molecule has 0 unspecified atom stereocenters. The summed E-state index contributed by atoms with van der Waals surface area (Å²) in [5.74, 6) is 0.186. The van der Waals surface area contributed by atoms with Crippen LogP contribution in [0.2, 0.25) is 0 Å². The van der Waals surface area contributed by atoms with E-state index in [0.29, 0.717) is 17.8 Å². The van der Waals surface area contributed by atoms with Crippen LogP contribution in [0.4, 0.5) is 0 Å². The lowest BCUT2D eigenvalue weighted by Gasteiger charge is -1.97. The van der Waals surface area contributed by atoms with Gasteiger partial charge in [-0.1, -0.05) is 6.07 Å². The Bertz CT molecular complexity index is 519. The highest BCUT2D eigenvalue weighted by Crippen LogP contribution is 2.14. The fraction of sp³-hybridized carbons (Fsp3) is 0.273. The molecule has 0 radical (unpaired) electrons. The maximum Gasteiger partial charge on any atom is 0.358 e. The van der Waals surface area contributed by atoms with Gasteiger partial charge in [-0.25, -0.2) is 9.78 Å². The maximum absolute atomic E-state index is 11.5. The van der Waals surface area contributed by atoms with Crippen molar-refractivity contribution < 1.29 is 14.6 Å². The molecule has 2 aromatic heterocycles. The van der Waals surface area contributed by atoms with Gasteiger partial charge >= 0.3 is 5.97 Å². The quantitative estimate of drug-likeness (QED) is 0.771. The van der Waals surface area contributed by atoms with E-state index in [-0.39, 0.29) is 12.3 Å². The molecule has 5 heteroatoms. The van der Waals surface area contributed by atoms with Crippen LogP contribution >= 0.6 is 0 Å². The second kappa shape index (κ2) is 4.32. The van der Waals surface area contributed by atoms with Gasteiger partial charge in [0.15, 0.2) is 5.69 Å².